The number of benzene rings is 3. The van der Waals surface area contributed by atoms with Gasteiger partial charge in [0.15, 0.2) is 0 Å². The molecular formula is C26H22ClNO6. The predicted molar refractivity (Wildman–Crippen MR) is 129 cm³/mol. The molecule has 7 nitrogen and oxygen atoms in total. The molecule has 1 fully saturated rings. The number of methoxy groups -OCH3 is 1. The second-order valence-electron chi connectivity index (χ2n) is 7.51. The molecule has 1 amide bonds. The summed E-state index contributed by atoms with van der Waals surface area (Å²) in [5.74, 6) is -1.29. The molecule has 1 heterocycles. The second kappa shape index (κ2) is 9.49. The van der Waals surface area contributed by atoms with E-state index in [1.807, 2.05) is 6.92 Å². The van der Waals surface area contributed by atoms with Crippen molar-refractivity contribution in [1.29, 1.82) is 0 Å². The number of carbonyl (C=O) groups is 2. The van der Waals surface area contributed by atoms with Crippen LogP contribution in [0.25, 0.3) is 5.76 Å². The molecule has 174 valence electrons. The molecule has 1 saturated heterocycles. The Morgan fingerprint density at radius 3 is 2.44 bits per heavy atom. The number of hydrogen-bond acceptors (Lipinski definition) is 6. The first-order valence-corrected chi connectivity index (χ1v) is 10.9. The van der Waals surface area contributed by atoms with Gasteiger partial charge in [-0.05, 0) is 55.0 Å². The van der Waals surface area contributed by atoms with E-state index in [2.05, 4.69) is 0 Å². The lowest BCUT2D eigenvalue weighted by molar-refractivity contribution is -0.132. The van der Waals surface area contributed by atoms with Crippen LogP contribution in [-0.4, -0.2) is 35.6 Å². The third kappa shape index (κ3) is 4.06. The van der Waals surface area contributed by atoms with E-state index < -0.39 is 23.5 Å². The second-order valence-corrected chi connectivity index (χ2v) is 7.91. The molecule has 0 saturated carbocycles. The van der Waals surface area contributed by atoms with Crippen molar-refractivity contribution in [1.82, 2.24) is 0 Å². The maximum atomic E-state index is 13.3. The molecule has 3 aromatic rings. The minimum Gasteiger partial charge on any atom is -0.508 e. The third-order valence-corrected chi connectivity index (χ3v) is 5.83. The molecule has 3 aromatic carbocycles. The van der Waals surface area contributed by atoms with E-state index in [9.17, 15) is 19.8 Å². The fourth-order valence-electron chi connectivity index (χ4n) is 3.97. The van der Waals surface area contributed by atoms with E-state index in [1.165, 1.54) is 30.2 Å². The number of carbonyl (C=O) groups excluding carboxylic acids is 2. The number of anilines is 1. The van der Waals surface area contributed by atoms with Crippen LogP contribution in [0.1, 0.15) is 24.1 Å². The minimum absolute atomic E-state index is 0.0189. The van der Waals surface area contributed by atoms with Crippen molar-refractivity contribution in [2.24, 2.45) is 0 Å². The molecule has 1 unspecified atom stereocenters. The van der Waals surface area contributed by atoms with E-state index in [0.717, 1.165) is 0 Å². The first-order chi connectivity index (χ1) is 16.4. The summed E-state index contributed by atoms with van der Waals surface area (Å²) in [5.41, 5.74) is 0.881. The van der Waals surface area contributed by atoms with Gasteiger partial charge < -0.3 is 19.7 Å². The summed E-state index contributed by atoms with van der Waals surface area (Å²) in [6.45, 7) is 2.21. The van der Waals surface area contributed by atoms with Crippen molar-refractivity contribution in [3.8, 4) is 17.2 Å². The number of para-hydroxylation sites is 2. The van der Waals surface area contributed by atoms with E-state index in [-0.39, 0.29) is 21.9 Å². The Bertz CT molecular complexity index is 1280. The van der Waals surface area contributed by atoms with Gasteiger partial charge in [0, 0.05) is 5.56 Å². The number of Topliss-reactive ketones (excluding diaryl/α,β-unsaturated/α-hetero) is 1. The monoisotopic (exact) mass is 479 g/mol. The van der Waals surface area contributed by atoms with Crippen LogP contribution < -0.4 is 14.4 Å². The number of amides is 1. The SMILES string of the molecule is CCOc1ccc(Cl)c(/C(O)=C2\C(=O)C(=O)N(c3ccccc3OC)C2c2ccc(O)cc2)c1. The summed E-state index contributed by atoms with van der Waals surface area (Å²) in [5, 5.41) is 21.3. The van der Waals surface area contributed by atoms with Crippen LogP contribution in [0.2, 0.25) is 5.02 Å². The number of rotatable bonds is 6. The Labute approximate surface area is 201 Å². The highest BCUT2D eigenvalue weighted by atomic mass is 35.5. The summed E-state index contributed by atoms with van der Waals surface area (Å²) in [4.78, 5) is 27.9. The molecule has 1 aliphatic rings. The lowest BCUT2D eigenvalue weighted by Gasteiger charge is -2.26. The van der Waals surface area contributed by atoms with Gasteiger partial charge in [0.05, 0.1) is 36.0 Å². The highest BCUT2D eigenvalue weighted by molar-refractivity contribution is 6.52. The summed E-state index contributed by atoms with van der Waals surface area (Å²) in [6.07, 6.45) is 0. The number of aromatic hydroxyl groups is 1. The number of phenolic OH excluding ortho intramolecular Hbond substituents is 1. The maximum absolute atomic E-state index is 13.3. The molecule has 0 bridgehead atoms. The standard InChI is InChI=1S/C26H22ClNO6/c1-3-34-17-12-13-19(27)18(14-17)24(30)22-23(15-8-10-16(29)11-9-15)28(26(32)25(22)31)20-6-4-5-7-21(20)33-2/h4-14,23,29-30H,3H2,1-2H3/b24-22+. The maximum Gasteiger partial charge on any atom is 0.300 e. The highest BCUT2D eigenvalue weighted by Crippen LogP contribution is 2.45. The van der Waals surface area contributed by atoms with Crippen LogP contribution in [0.4, 0.5) is 5.69 Å². The van der Waals surface area contributed by atoms with Gasteiger partial charge >= 0.3 is 0 Å². The van der Waals surface area contributed by atoms with Crippen LogP contribution in [-0.2, 0) is 9.59 Å². The number of aliphatic hydroxyl groups is 1. The average molecular weight is 480 g/mol. The van der Waals surface area contributed by atoms with Crippen LogP contribution in [0.5, 0.6) is 17.2 Å². The molecule has 8 heteroatoms. The molecule has 2 N–H and O–H groups in total. The zero-order valence-corrected chi connectivity index (χ0v) is 19.2. The summed E-state index contributed by atoms with van der Waals surface area (Å²) < 4.78 is 10.9. The van der Waals surface area contributed by atoms with Crippen molar-refractivity contribution in [2.45, 2.75) is 13.0 Å². The number of ether oxygens (including phenoxy) is 2. The fourth-order valence-corrected chi connectivity index (χ4v) is 4.18. The number of phenols is 1. The quantitative estimate of drug-likeness (QED) is 0.291. The van der Waals surface area contributed by atoms with Crippen LogP contribution >= 0.6 is 11.6 Å². The lowest BCUT2D eigenvalue weighted by atomic mass is 9.95. The molecule has 1 aliphatic heterocycles. The summed E-state index contributed by atoms with van der Waals surface area (Å²) in [7, 11) is 1.46. The van der Waals surface area contributed by atoms with E-state index in [0.29, 0.717) is 29.4 Å². The van der Waals surface area contributed by atoms with Gasteiger partial charge in [-0.2, -0.15) is 0 Å². The van der Waals surface area contributed by atoms with Crippen molar-refractivity contribution >= 4 is 34.7 Å². The molecule has 0 radical (unpaired) electrons. The molecular weight excluding hydrogens is 458 g/mol. The Balaban J connectivity index is 1.98. The predicted octanol–water partition coefficient (Wildman–Crippen LogP) is 5.08. The molecule has 0 aliphatic carbocycles. The topological polar surface area (TPSA) is 96.3 Å². The minimum atomic E-state index is -0.997. The largest absolute Gasteiger partial charge is 0.508 e. The van der Waals surface area contributed by atoms with E-state index in [4.69, 9.17) is 21.1 Å². The van der Waals surface area contributed by atoms with Crippen molar-refractivity contribution in [3.05, 3.63) is 88.5 Å². The number of ketones is 1. The van der Waals surface area contributed by atoms with Gasteiger partial charge in [-0.25, -0.2) is 0 Å². The third-order valence-electron chi connectivity index (χ3n) is 5.50. The van der Waals surface area contributed by atoms with Crippen molar-refractivity contribution in [2.75, 3.05) is 18.6 Å². The molecule has 0 aromatic heterocycles. The van der Waals surface area contributed by atoms with E-state index >= 15 is 0 Å². The van der Waals surface area contributed by atoms with E-state index in [1.54, 1.807) is 48.5 Å². The van der Waals surface area contributed by atoms with Gasteiger partial charge in [0.1, 0.15) is 23.0 Å². The van der Waals surface area contributed by atoms with Crippen LogP contribution in [0.15, 0.2) is 72.3 Å². The summed E-state index contributed by atoms with van der Waals surface area (Å²) in [6, 6.07) is 16.6. The fraction of sp³-hybridized carbons (Fsp3) is 0.154. The average Bonchev–Trinajstić information content (AvgIpc) is 3.10. The highest BCUT2D eigenvalue weighted by Gasteiger charge is 2.48. The van der Waals surface area contributed by atoms with Gasteiger partial charge in [0.2, 0.25) is 0 Å². The van der Waals surface area contributed by atoms with Gasteiger partial charge in [-0.15, -0.1) is 0 Å². The lowest BCUT2D eigenvalue weighted by Crippen LogP contribution is -2.29. The zero-order valence-electron chi connectivity index (χ0n) is 18.5. The first-order valence-electron chi connectivity index (χ1n) is 10.5. The number of hydrogen-bond donors (Lipinski definition) is 2. The molecule has 0 spiro atoms. The Morgan fingerprint density at radius 2 is 1.76 bits per heavy atom. The molecule has 4 rings (SSSR count). The number of nitrogens with zero attached hydrogens (tertiary/aromatic N) is 1. The number of halogens is 1. The Morgan fingerprint density at radius 1 is 1.06 bits per heavy atom. The normalized spacial score (nSPS) is 17.1. The van der Waals surface area contributed by atoms with Crippen molar-refractivity contribution < 1.29 is 29.3 Å². The zero-order chi connectivity index (χ0) is 24.4. The van der Waals surface area contributed by atoms with Gasteiger partial charge in [0.25, 0.3) is 11.7 Å². The first kappa shape index (κ1) is 23.2. The molecule has 1 atom stereocenters. The van der Waals surface area contributed by atoms with Gasteiger partial charge in [-0.3, -0.25) is 14.5 Å². The summed E-state index contributed by atoms with van der Waals surface area (Å²) >= 11 is 6.36. The van der Waals surface area contributed by atoms with Crippen LogP contribution in [0, 0.1) is 0 Å². The van der Waals surface area contributed by atoms with Crippen molar-refractivity contribution in [3.63, 3.8) is 0 Å². The smallest absolute Gasteiger partial charge is 0.300 e. The number of aliphatic hydroxyl groups excluding tert-OH is 1. The van der Waals surface area contributed by atoms with Crippen LogP contribution in [0.3, 0.4) is 0 Å². The molecule has 34 heavy (non-hydrogen) atoms. The Hall–Kier alpha value is -3.97. The van der Waals surface area contributed by atoms with Gasteiger partial charge in [-0.1, -0.05) is 35.9 Å². The Kier molecular flexibility index (Phi) is 6.47.